The Hall–Kier alpha value is -2.04. The standard InChI is InChI=1S/C15H19N3O2/c1-10-8-18(9-11(10)14(19)20-3)15-16-12-6-4-5-7-13(12)17(15)2/h4-7,10-11H,8-9H2,1-3H3. The van der Waals surface area contributed by atoms with Gasteiger partial charge in [0.15, 0.2) is 0 Å². The first-order valence-corrected chi connectivity index (χ1v) is 6.86. The Morgan fingerprint density at radius 3 is 2.80 bits per heavy atom. The second-order valence-electron chi connectivity index (χ2n) is 5.47. The topological polar surface area (TPSA) is 47.4 Å². The second-order valence-corrected chi connectivity index (χ2v) is 5.47. The molecule has 2 aromatic rings. The van der Waals surface area contributed by atoms with Gasteiger partial charge in [-0.2, -0.15) is 0 Å². The third-order valence-electron chi connectivity index (χ3n) is 4.16. The van der Waals surface area contributed by atoms with Gasteiger partial charge in [-0.15, -0.1) is 0 Å². The van der Waals surface area contributed by atoms with E-state index < -0.39 is 0 Å². The Morgan fingerprint density at radius 1 is 1.35 bits per heavy atom. The molecule has 0 radical (unpaired) electrons. The van der Waals surface area contributed by atoms with Crippen LogP contribution < -0.4 is 4.90 Å². The van der Waals surface area contributed by atoms with E-state index >= 15 is 0 Å². The maximum absolute atomic E-state index is 11.8. The number of ether oxygens (including phenoxy) is 1. The maximum atomic E-state index is 11.8. The van der Waals surface area contributed by atoms with Crippen LogP contribution in [-0.4, -0.2) is 35.7 Å². The molecule has 2 heterocycles. The van der Waals surface area contributed by atoms with Crippen LogP contribution in [0, 0.1) is 11.8 Å². The van der Waals surface area contributed by atoms with Crippen molar-refractivity contribution in [3.05, 3.63) is 24.3 Å². The van der Waals surface area contributed by atoms with Crippen LogP contribution in [0.4, 0.5) is 5.95 Å². The van der Waals surface area contributed by atoms with E-state index in [-0.39, 0.29) is 17.8 Å². The third-order valence-corrected chi connectivity index (χ3v) is 4.16. The number of aryl methyl sites for hydroxylation is 1. The van der Waals surface area contributed by atoms with Gasteiger partial charge in [-0.1, -0.05) is 19.1 Å². The number of aromatic nitrogens is 2. The molecule has 5 heteroatoms. The SMILES string of the molecule is COC(=O)C1CN(c2nc3ccccc3n2C)CC1C. The van der Waals surface area contributed by atoms with Crippen LogP contribution in [-0.2, 0) is 16.6 Å². The highest BCUT2D eigenvalue weighted by Crippen LogP contribution is 2.30. The van der Waals surface area contributed by atoms with Crippen molar-refractivity contribution in [1.82, 2.24) is 9.55 Å². The Bertz CT molecular complexity index is 650. The zero-order valence-electron chi connectivity index (χ0n) is 12.0. The van der Waals surface area contributed by atoms with Gasteiger partial charge < -0.3 is 14.2 Å². The van der Waals surface area contributed by atoms with Gasteiger partial charge in [0, 0.05) is 20.1 Å². The minimum Gasteiger partial charge on any atom is -0.469 e. The Labute approximate surface area is 118 Å². The monoisotopic (exact) mass is 273 g/mol. The number of carbonyl (C=O) groups excluding carboxylic acids is 1. The number of benzene rings is 1. The van der Waals surface area contributed by atoms with E-state index in [0.29, 0.717) is 6.54 Å². The van der Waals surface area contributed by atoms with Crippen molar-refractivity contribution in [2.45, 2.75) is 6.92 Å². The lowest BCUT2D eigenvalue weighted by Crippen LogP contribution is -2.25. The number of imidazole rings is 1. The number of hydrogen-bond donors (Lipinski definition) is 0. The number of nitrogens with zero attached hydrogens (tertiary/aromatic N) is 3. The van der Waals surface area contributed by atoms with Crippen molar-refractivity contribution < 1.29 is 9.53 Å². The average Bonchev–Trinajstić information content (AvgIpc) is 3.00. The molecule has 0 saturated carbocycles. The molecule has 0 N–H and O–H groups in total. The molecule has 0 bridgehead atoms. The summed E-state index contributed by atoms with van der Waals surface area (Å²) in [5.41, 5.74) is 2.09. The summed E-state index contributed by atoms with van der Waals surface area (Å²) in [5.74, 6) is 1.00. The van der Waals surface area contributed by atoms with Crippen LogP contribution in [0.2, 0.25) is 0 Å². The number of hydrogen-bond acceptors (Lipinski definition) is 4. The molecule has 1 aromatic heterocycles. The van der Waals surface area contributed by atoms with Crippen molar-refractivity contribution in [2.24, 2.45) is 18.9 Å². The molecule has 2 unspecified atom stereocenters. The molecule has 0 amide bonds. The van der Waals surface area contributed by atoms with E-state index in [1.54, 1.807) is 0 Å². The number of para-hydroxylation sites is 2. The van der Waals surface area contributed by atoms with Crippen LogP contribution in [0.25, 0.3) is 11.0 Å². The fraction of sp³-hybridized carbons (Fsp3) is 0.467. The molecule has 106 valence electrons. The van der Waals surface area contributed by atoms with Gasteiger partial charge >= 0.3 is 5.97 Å². The molecule has 3 rings (SSSR count). The molecule has 0 spiro atoms. The Kier molecular flexibility index (Phi) is 3.12. The highest BCUT2D eigenvalue weighted by Gasteiger charge is 2.37. The van der Waals surface area contributed by atoms with Gasteiger partial charge in [0.2, 0.25) is 5.95 Å². The van der Waals surface area contributed by atoms with E-state index in [2.05, 4.69) is 27.4 Å². The number of fused-ring (bicyclic) bond motifs is 1. The fourth-order valence-corrected chi connectivity index (χ4v) is 3.00. The largest absolute Gasteiger partial charge is 0.469 e. The van der Waals surface area contributed by atoms with Crippen LogP contribution in [0.3, 0.4) is 0 Å². The van der Waals surface area contributed by atoms with Crippen molar-refractivity contribution in [2.75, 3.05) is 25.1 Å². The van der Waals surface area contributed by atoms with Gasteiger partial charge in [-0.3, -0.25) is 4.79 Å². The third kappa shape index (κ3) is 1.94. The molecule has 2 atom stereocenters. The summed E-state index contributed by atoms with van der Waals surface area (Å²) in [7, 11) is 3.47. The van der Waals surface area contributed by atoms with Crippen molar-refractivity contribution in [1.29, 1.82) is 0 Å². The molecule has 0 aliphatic carbocycles. The van der Waals surface area contributed by atoms with Gasteiger partial charge in [0.05, 0.1) is 24.1 Å². The van der Waals surface area contributed by atoms with Gasteiger partial charge in [0.1, 0.15) is 0 Å². The van der Waals surface area contributed by atoms with Crippen LogP contribution >= 0.6 is 0 Å². The summed E-state index contributed by atoms with van der Waals surface area (Å²) in [4.78, 5) is 18.6. The lowest BCUT2D eigenvalue weighted by molar-refractivity contribution is -0.145. The quantitative estimate of drug-likeness (QED) is 0.783. The Balaban J connectivity index is 1.93. The summed E-state index contributed by atoms with van der Waals surface area (Å²) in [6.45, 7) is 3.59. The molecular formula is C15H19N3O2. The second kappa shape index (κ2) is 4.81. The number of anilines is 1. The molecule has 1 aliphatic heterocycles. The molecule has 20 heavy (non-hydrogen) atoms. The first-order chi connectivity index (χ1) is 9.61. The Morgan fingerprint density at radius 2 is 2.10 bits per heavy atom. The molecule has 5 nitrogen and oxygen atoms in total. The number of methoxy groups -OCH3 is 1. The smallest absolute Gasteiger partial charge is 0.310 e. The first-order valence-electron chi connectivity index (χ1n) is 6.86. The van der Waals surface area contributed by atoms with Crippen LogP contribution in [0.15, 0.2) is 24.3 Å². The van der Waals surface area contributed by atoms with Crippen LogP contribution in [0.5, 0.6) is 0 Å². The summed E-state index contributed by atoms with van der Waals surface area (Å²) < 4.78 is 6.97. The molecule has 1 aliphatic rings. The highest BCUT2D eigenvalue weighted by atomic mass is 16.5. The summed E-state index contributed by atoms with van der Waals surface area (Å²) >= 11 is 0. The van der Waals surface area contributed by atoms with Gasteiger partial charge in [-0.25, -0.2) is 4.98 Å². The van der Waals surface area contributed by atoms with E-state index in [4.69, 9.17) is 4.74 Å². The fourth-order valence-electron chi connectivity index (χ4n) is 3.00. The predicted octanol–water partition coefficient (Wildman–Crippen LogP) is 1.82. The van der Waals surface area contributed by atoms with Crippen molar-refractivity contribution >= 4 is 23.0 Å². The molecule has 1 saturated heterocycles. The van der Waals surface area contributed by atoms with Crippen molar-refractivity contribution in [3.8, 4) is 0 Å². The first kappa shape index (κ1) is 13.0. The normalized spacial score (nSPS) is 22.4. The predicted molar refractivity (Wildman–Crippen MR) is 77.6 cm³/mol. The van der Waals surface area contributed by atoms with Gasteiger partial charge in [-0.05, 0) is 18.1 Å². The lowest BCUT2D eigenvalue weighted by atomic mass is 9.99. The summed E-state index contributed by atoms with van der Waals surface area (Å²) in [6.07, 6.45) is 0. The number of esters is 1. The molecule has 1 fully saturated rings. The maximum Gasteiger partial charge on any atom is 0.310 e. The lowest BCUT2D eigenvalue weighted by Gasteiger charge is -2.17. The summed E-state index contributed by atoms with van der Waals surface area (Å²) in [6, 6.07) is 8.07. The van der Waals surface area contributed by atoms with Crippen molar-refractivity contribution in [3.63, 3.8) is 0 Å². The molecule has 1 aromatic carbocycles. The zero-order chi connectivity index (χ0) is 14.3. The van der Waals surface area contributed by atoms with E-state index in [1.807, 2.05) is 25.2 Å². The van der Waals surface area contributed by atoms with E-state index in [9.17, 15) is 4.79 Å². The minimum absolute atomic E-state index is 0.0696. The minimum atomic E-state index is -0.126. The molecular weight excluding hydrogens is 254 g/mol. The summed E-state index contributed by atoms with van der Waals surface area (Å²) in [5, 5.41) is 0. The van der Waals surface area contributed by atoms with Crippen LogP contribution in [0.1, 0.15) is 6.92 Å². The van der Waals surface area contributed by atoms with E-state index in [0.717, 1.165) is 23.5 Å². The number of carbonyl (C=O) groups is 1. The van der Waals surface area contributed by atoms with E-state index in [1.165, 1.54) is 7.11 Å². The van der Waals surface area contributed by atoms with Gasteiger partial charge in [0.25, 0.3) is 0 Å². The average molecular weight is 273 g/mol. The number of rotatable bonds is 2. The zero-order valence-corrected chi connectivity index (χ0v) is 12.0. The highest BCUT2D eigenvalue weighted by molar-refractivity contribution is 5.79.